The van der Waals surface area contributed by atoms with E-state index < -0.39 is 5.41 Å². The van der Waals surface area contributed by atoms with Gasteiger partial charge in [-0.3, -0.25) is 14.4 Å². The Morgan fingerprint density at radius 2 is 1.74 bits per heavy atom. The summed E-state index contributed by atoms with van der Waals surface area (Å²) in [6.07, 6.45) is 2.03. The molecule has 1 saturated heterocycles. The Bertz CT molecular complexity index is 590. The van der Waals surface area contributed by atoms with E-state index in [1.54, 1.807) is 9.80 Å². The van der Waals surface area contributed by atoms with Crippen molar-refractivity contribution in [1.82, 2.24) is 15.1 Å². The maximum Gasteiger partial charge on any atom is 0.238 e. The quantitative estimate of drug-likeness (QED) is 0.631. The highest BCUT2D eigenvalue weighted by atomic mass is 16.2. The van der Waals surface area contributed by atoms with E-state index in [2.05, 4.69) is 5.32 Å². The predicted octanol–water partition coefficient (Wildman–Crippen LogP) is 0.384. The maximum atomic E-state index is 12.7. The van der Waals surface area contributed by atoms with Crippen molar-refractivity contribution in [3.63, 3.8) is 0 Å². The van der Waals surface area contributed by atoms with Crippen LogP contribution in [0, 0.1) is 5.41 Å². The average Bonchev–Trinajstić information content (AvgIpc) is 3.42. The van der Waals surface area contributed by atoms with E-state index in [-0.39, 0.29) is 11.8 Å². The lowest BCUT2D eigenvalue weighted by Crippen LogP contribution is -2.52. The first-order valence-electron chi connectivity index (χ1n) is 7.97. The summed E-state index contributed by atoms with van der Waals surface area (Å²) in [4.78, 5) is 39.3. The maximum absolute atomic E-state index is 12.7. The van der Waals surface area contributed by atoms with E-state index >= 15 is 0 Å². The highest BCUT2D eigenvalue weighted by molar-refractivity contribution is 6.07. The molecule has 1 aliphatic heterocycles. The second-order valence-electron chi connectivity index (χ2n) is 6.18. The van der Waals surface area contributed by atoms with Crippen molar-refractivity contribution < 1.29 is 14.4 Å². The third-order valence-corrected chi connectivity index (χ3v) is 4.64. The number of benzene rings is 1. The van der Waals surface area contributed by atoms with Crippen LogP contribution in [0.4, 0.5) is 0 Å². The van der Waals surface area contributed by atoms with Crippen LogP contribution in [0.15, 0.2) is 30.3 Å². The van der Waals surface area contributed by atoms with Crippen molar-refractivity contribution in [2.24, 2.45) is 5.41 Å². The van der Waals surface area contributed by atoms with Crippen LogP contribution in [-0.2, 0) is 20.9 Å². The van der Waals surface area contributed by atoms with Gasteiger partial charge in [-0.25, -0.2) is 0 Å². The van der Waals surface area contributed by atoms with E-state index in [1.165, 1.54) is 0 Å². The molecule has 0 bridgehead atoms. The minimum Gasteiger partial charge on any atom is -0.351 e. The minimum absolute atomic E-state index is 0.0892. The SMILES string of the molecule is O=CN1CCN(C(=O)C2(C(=O)NCc3ccccc3)CC2)CC1. The van der Waals surface area contributed by atoms with E-state index in [9.17, 15) is 14.4 Å². The van der Waals surface area contributed by atoms with Crippen LogP contribution in [-0.4, -0.2) is 54.2 Å². The molecule has 0 aromatic heterocycles. The van der Waals surface area contributed by atoms with Crippen molar-refractivity contribution in [1.29, 1.82) is 0 Å². The summed E-state index contributed by atoms with van der Waals surface area (Å²) in [7, 11) is 0. The average molecular weight is 315 g/mol. The molecule has 0 spiro atoms. The number of amides is 3. The molecule has 122 valence electrons. The topological polar surface area (TPSA) is 69.7 Å². The Labute approximate surface area is 135 Å². The summed E-state index contributed by atoms with van der Waals surface area (Å²) in [5, 5.41) is 2.89. The number of hydrogen-bond donors (Lipinski definition) is 1. The number of nitrogens with zero attached hydrogens (tertiary/aromatic N) is 2. The van der Waals surface area contributed by atoms with Crippen molar-refractivity contribution in [3.8, 4) is 0 Å². The molecule has 1 aromatic carbocycles. The molecule has 1 saturated carbocycles. The second kappa shape index (κ2) is 6.40. The summed E-state index contributed by atoms with van der Waals surface area (Å²) >= 11 is 0. The van der Waals surface area contributed by atoms with Crippen LogP contribution >= 0.6 is 0 Å². The van der Waals surface area contributed by atoms with Gasteiger partial charge in [0.15, 0.2) is 0 Å². The number of hydrogen-bond acceptors (Lipinski definition) is 3. The minimum atomic E-state index is -0.877. The zero-order valence-electron chi connectivity index (χ0n) is 13.0. The molecular weight excluding hydrogens is 294 g/mol. The first-order chi connectivity index (χ1) is 11.2. The molecule has 0 unspecified atom stereocenters. The third-order valence-electron chi connectivity index (χ3n) is 4.64. The Balaban J connectivity index is 1.57. The van der Waals surface area contributed by atoms with Gasteiger partial charge in [0, 0.05) is 32.7 Å². The highest BCUT2D eigenvalue weighted by Gasteiger charge is 2.58. The number of rotatable bonds is 5. The van der Waals surface area contributed by atoms with Gasteiger partial charge in [-0.2, -0.15) is 0 Å². The van der Waals surface area contributed by atoms with Crippen LogP contribution in [0.3, 0.4) is 0 Å². The van der Waals surface area contributed by atoms with E-state index in [0.717, 1.165) is 12.0 Å². The molecule has 3 rings (SSSR count). The fourth-order valence-corrected chi connectivity index (χ4v) is 2.94. The van der Waals surface area contributed by atoms with E-state index in [4.69, 9.17) is 0 Å². The molecule has 6 heteroatoms. The van der Waals surface area contributed by atoms with Gasteiger partial charge in [0.1, 0.15) is 5.41 Å². The largest absolute Gasteiger partial charge is 0.351 e. The Hall–Kier alpha value is -2.37. The first-order valence-corrected chi connectivity index (χ1v) is 7.97. The van der Waals surface area contributed by atoms with Crippen LogP contribution in [0.1, 0.15) is 18.4 Å². The summed E-state index contributed by atoms with van der Waals surface area (Å²) in [5.41, 5.74) is 0.140. The molecule has 2 aliphatic rings. The molecule has 1 aromatic rings. The first kappa shape index (κ1) is 15.5. The molecule has 1 heterocycles. The molecular formula is C17H21N3O3. The van der Waals surface area contributed by atoms with Gasteiger partial charge in [0.05, 0.1) is 0 Å². The van der Waals surface area contributed by atoms with Gasteiger partial charge >= 0.3 is 0 Å². The lowest BCUT2D eigenvalue weighted by molar-refractivity contribution is -0.146. The summed E-state index contributed by atoms with van der Waals surface area (Å²) < 4.78 is 0. The van der Waals surface area contributed by atoms with E-state index in [1.807, 2.05) is 30.3 Å². The van der Waals surface area contributed by atoms with Gasteiger partial charge in [-0.05, 0) is 18.4 Å². The Morgan fingerprint density at radius 1 is 1.09 bits per heavy atom. The normalized spacial score (nSPS) is 19.1. The van der Waals surface area contributed by atoms with Crippen molar-refractivity contribution in [3.05, 3.63) is 35.9 Å². The zero-order valence-corrected chi connectivity index (χ0v) is 13.0. The Kier molecular flexibility index (Phi) is 4.32. The van der Waals surface area contributed by atoms with Crippen LogP contribution in [0.25, 0.3) is 0 Å². The molecule has 23 heavy (non-hydrogen) atoms. The fourth-order valence-electron chi connectivity index (χ4n) is 2.94. The standard InChI is InChI=1S/C17H21N3O3/c21-13-19-8-10-20(11-9-19)16(23)17(6-7-17)15(22)18-12-14-4-2-1-3-5-14/h1-5,13H,6-12H2,(H,18,22). The molecule has 6 nitrogen and oxygen atoms in total. The van der Waals surface area contributed by atoms with E-state index in [0.29, 0.717) is 45.6 Å². The summed E-state index contributed by atoms with van der Waals surface area (Å²) in [6, 6.07) is 9.66. The number of carbonyl (C=O) groups is 3. The van der Waals surface area contributed by atoms with Gasteiger partial charge in [0.25, 0.3) is 0 Å². The fraction of sp³-hybridized carbons (Fsp3) is 0.471. The van der Waals surface area contributed by atoms with Gasteiger partial charge < -0.3 is 15.1 Å². The lowest BCUT2D eigenvalue weighted by atomic mass is 10.0. The zero-order chi connectivity index (χ0) is 16.3. The molecule has 2 fully saturated rings. The number of piperazine rings is 1. The molecule has 3 amide bonds. The lowest BCUT2D eigenvalue weighted by Gasteiger charge is -2.34. The summed E-state index contributed by atoms with van der Waals surface area (Å²) in [6.45, 7) is 2.53. The number of nitrogens with one attached hydrogen (secondary N) is 1. The van der Waals surface area contributed by atoms with Crippen molar-refractivity contribution in [2.75, 3.05) is 26.2 Å². The third kappa shape index (κ3) is 3.21. The van der Waals surface area contributed by atoms with Crippen LogP contribution in [0.2, 0.25) is 0 Å². The highest BCUT2D eigenvalue weighted by Crippen LogP contribution is 2.47. The molecule has 0 radical (unpaired) electrons. The predicted molar refractivity (Wildman–Crippen MR) is 84.2 cm³/mol. The Morgan fingerprint density at radius 3 is 2.30 bits per heavy atom. The monoisotopic (exact) mass is 315 g/mol. The molecule has 1 N–H and O–H groups in total. The van der Waals surface area contributed by atoms with Crippen molar-refractivity contribution >= 4 is 18.2 Å². The van der Waals surface area contributed by atoms with Gasteiger partial charge in [-0.15, -0.1) is 0 Å². The number of carbonyl (C=O) groups excluding carboxylic acids is 3. The van der Waals surface area contributed by atoms with Crippen LogP contribution < -0.4 is 5.32 Å². The van der Waals surface area contributed by atoms with Gasteiger partial charge in [0.2, 0.25) is 18.2 Å². The molecule has 0 atom stereocenters. The van der Waals surface area contributed by atoms with Gasteiger partial charge in [-0.1, -0.05) is 30.3 Å². The molecule has 1 aliphatic carbocycles. The second-order valence-corrected chi connectivity index (χ2v) is 6.18. The smallest absolute Gasteiger partial charge is 0.238 e. The summed E-state index contributed by atoms with van der Waals surface area (Å²) in [5.74, 6) is -0.266. The van der Waals surface area contributed by atoms with Crippen LogP contribution in [0.5, 0.6) is 0 Å². The van der Waals surface area contributed by atoms with Crippen molar-refractivity contribution in [2.45, 2.75) is 19.4 Å².